The van der Waals surface area contributed by atoms with Gasteiger partial charge in [-0.3, -0.25) is 24.5 Å². The molecule has 5 N–H and O–H groups in total. The minimum absolute atomic E-state index is 0.119. The highest BCUT2D eigenvalue weighted by Crippen LogP contribution is 2.55. The van der Waals surface area contributed by atoms with Crippen LogP contribution in [0.15, 0.2) is 91.0 Å². The normalized spacial score (nSPS) is 19.8. The van der Waals surface area contributed by atoms with Crippen molar-refractivity contribution < 1.29 is 37.7 Å². The quantitative estimate of drug-likeness (QED) is 0.0740. The Morgan fingerprint density at radius 2 is 1.70 bits per heavy atom. The van der Waals surface area contributed by atoms with E-state index in [9.17, 15) is 19.5 Å². The van der Waals surface area contributed by atoms with E-state index in [1.165, 1.54) is 35.9 Å². The average molecular weight is 995 g/mol. The van der Waals surface area contributed by atoms with Gasteiger partial charge >= 0.3 is 6.03 Å². The number of rotatable bonds is 16. The van der Waals surface area contributed by atoms with Crippen molar-refractivity contribution >= 4 is 40.3 Å². The van der Waals surface area contributed by atoms with Crippen LogP contribution in [0, 0.1) is 24.5 Å². The molecule has 6 aromatic rings. The standard InChI is InChI=1S/C57H64F2N8O6/c1-35-45(58)32-48-51(50(35)52-44(54(60)70)15-16-47(53(52)59)72-30-29-68)36(2)57(73-48,41-7-5-4-6-8-41)34-61-33-38-9-12-42(13-10-38)66-26-18-37(19-27-66)17-23-65-24-20-39(21-25-65)40-11-14-43-46(31-40)64(3)63-55(43)67-28-22-49(69)62-56(67)71/h4-16,31-32,36-37,39,61,68H,17-30,33-34H2,1-3H3,(H2,60,70)(H,62,69,71). The second kappa shape index (κ2) is 20.9. The number of hydrogen-bond acceptors (Lipinski definition) is 10. The molecule has 16 heteroatoms. The van der Waals surface area contributed by atoms with E-state index in [1.54, 1.807) is 11.8 Å². The number of piperidine rings is 2. The predicted molar refractivity (Wildman–Crippen MR) is 277 cm³/mol. The predicted octanol–water partition coefficient (Wildman–Crippen LogP) is 8.41. The molecule has 14 nitrogen and oxygen atoms in total. The number of benzene rings is 5. The number of amides is 4. The highest BCUT2D eigenvalue weighted by Gasteiger charge is 2.49. The van der Waals surface area contributed by atoms with Crippen molar-refractivity contribution in [3.63, 3.8) is 0 Å². The number of likely N-dealkylation sites (tertiary alicyclic amines) is 1. The first-order valence-electron chi connectivity index (χ1n) is 25.6. The first kappa shape index (κ1) is 49.7. The molecule has 3 fully saturated rings. The van der Waals surface area contributed by atoms with Gasteiger partial charge in [0, 0.05) is 80.4 Å². The van der Waals surface area contributed by atoms with Gasteiger partial charge in [0.1, 0.15) is 18.2 Å². The lowest BCUT2D eigenvalue weighted by Gasteiger charge is -2.36. The molecule has 0 spiro atoms. The number of nitrogens with one attached hydrogen (secondary N) is 2. The number of hydrogen-bond donors (Lipinski definition) is 4. The van der Waals surface area contributed by atoms with Gasteiger partial charge in [0.2, 0.25) is 11.8 Å². The molecule has 3 saturated heterocycles. The van der Waals surface area contributed by atoms with Crippen molar-refractivity contribution in [3.8, 4) is 22.6 Å². The van der Waals surface area contributed by atoms with Crippen molar-refractivity contribution in [1.29, 1.82) is 0 Å². The number of nitrogens with two attached hydrogens (primary N) is 1. The number of aliphatic hydroxyl groups excluding tert-OH is 1. The van der Waals surface area contributed by atoms with E-state index in [2.05, 4.69) is 68.0 Å². The van der Waals surface area contributed by atoms with Gasteiger partial charge in [-0.05, 0) is 135 Å². The van der Waals surface area contributed by atoms with E-state index in [4.69, 9.17) is 15.2 Å². The Hall–Kier alpha value is -6.88. The Balaban J connectivity index is 0.734. The zero-order valence-corrected chi connectivity index (χ0v) is 41.8. The van der Waals surface area contributed by atoms with Gasteiger partial charge in [0.15, 0.2) is 23.0 Å². The summed E-state index contributed by atoms with van der Waals surface area (Å²) in [5.41, 5.74) is 10.8. The number of nitrogens with zero attached hydrogens (tertiary/aromatic N) is 5. The summed E-state index contributed by atoms with van der Waals surface area (Å²) in [5, 5.41) is 21.0. The Morgan fingerprint density at radius 1 is 0.945 bits per heavy atom. The van der Waals surface area contributed by atoms with Crippen LogP contribution in [0.2, 0.25) is 0 Å². The fourth-order valence-corrected chi connectivity index (χ4v) is 11.7. The van der Waals surface area contributed by atoms with Crippen molar-refractivity contribution in [2.75, 3.05) is 68.8 Å². The summed E-state index contributed by atoms with van der Waals surface area (Å²) in [4.78, 5) is 43.7. The molecule has 5 heterocycles. The molecule has 0 aliphatic carbocycles. The number of ether oxygens (including phenoxy) is 2. The molecule has 382 valence electrons. The molecule has 5 aromatic carbocycles. The number of urea groups is 1. The zero-order valence-electron chi connectivity index (χ0n) is 41.8. The number of primary amides is 1. The Kier molecular flexibility index (Phi) is 14.2. The second-order valence-corrected chi connectivity index (χ2v) is 20.2. The molecule has 0 radical (unpaired) electrons. The van der Waals surface area contributed by atoms with Crippen LogP contribution < -0.4 is 35.6 Å². The summed E-state index contributed by atoms with van der Waals surface area (Å²) >= 11 is 0. The van der Waals surface area contributed by atoms with E-state index in [0.29, 0.717) is 42.9 Å². The zero-order chi connectivity index (χ0) is 51.0. The first-order valence-corrected chi connectivity index (χ1v) is 25.6. The van der Waals surface area contributed by atoms with Crippen LogP contribution in [0.4, 0.5) is 25.1 Å². The SMILES string of the molecule is Cc1c(F)cc2c(c1-c1c(C(N)=O)ccc(OCCO)c1F)C(C)C(CNCc1ccc(N3CCC(CCN4CCC(c5ccc6c(N7CCC(=O)NC7=O)nn(C)c6c5)CC4)CC3)cc1)(c1ccccc1)O2. The highest BCUT2D eigenvalue weighted by atomic mass is 19.1. The van der Waals surface area contributed by atoms with Gasteiger partial charge in [0.25, 0.3) is 0 Å². The lowest BCUT2D eigenvalue weighted by Crippen LogP contribution is -2.49. The fourth-order valence-electron chi connectivity index (χ4n) is 11.7. The molecule has 73 heavy (non-hydrogen) atoms. The van der Waals surface area contributed by atoms with Crippen molar-refractivity contribution in [1.82, 2.24) is 25.3 Å². The maximum absolute atomic E-state index is 16.5. The van der Waals surface area contributed by atoms with Crippen LogP contribution in [0.25, 0.3) is 22.0 Å². The lowest BCUT2D eigenvalue weighted by molar-refractivity contribution is -0.120. The molecule has 0 bridgehead atoms. The minimum atomic E-state index is -1.03. The number of halogens is 2. The number of anilines is 2. The molecule has 1 aromatic heterocycles. The van der Waals surface area contributed by atoms with Crippen LogP contribution in [0.1, 0.15) is 95.5 Å². The first-order chi connectivity index (χ1) is 35.3. The van der Waals surface area contributed by atoms with Gasteiger partial charge in [-0.25, -0.2) is 13.6 Å². The smallest absolute Gasteiger partial charge is 0.329 e. The summed E-state index contributed by atoms with van der Waals surface area (Å²) < 4.78 is 46.6. The topological polar surface area (TPSA) is 168 Å². The summed E-state index contributed by atoms with van der Waals surface area (Å²) in [5.74, 6) is -1.24. The Labute approximate surface area is 424 Å². The monoisotopic (exact) mass is 994 g/mol. The number of aryl methyl sites for hydroxylation is 1. The summed E-state index contributed by atoms with van der Waals surface area (Å²) in [6, 6.07) is 28.5. The third-order valence-corrected chi connectivity index (χ3v) is 15.9. The minimum Gasteiger partial charge on any atom is -0.488 e. The third kappa shape index (κ3) is 9.75. The van der Waals surface area contributed by atoms with E-state index >= 15 is 8.78 Å². The molecule has 2 atom stereocenters. The molecular weight excluding hydrogens is 931 g/mol. The van der Waals surface area contributed by atoms with Crippen LogP contribution in [0.5, 0.6) is 11.5 Å². The second-order valence-electron chi connectivity index (χ2n) is 20.2. The summed E-state index contributed by atoms with van der Waals surface area (Å²) in [7, 11) is 1.91. The molecule has 4 aliphatic rings. The van der Waals surface area contributed by atoms with E-state index < -0.39 is 35.1 Å². The van der Waals surface area contributed by atoms with Crippen LogP contribution >= 0.6 is 0 Å². The molecule has 10 rings (SSSR count). The Bertz CT molecular complexity index is 3020. The van der Waals surface area contributed by atoms with Crippen molar-refractivity contribution in [2.45, 2.75) is 76.4 Å². The van der Waals surface area contributed by atoms with E-state index in [-0.39, 0.29) is 59.3 Å². The molecule has 4 amide bonds. The van der Waals surface area contributed by atoms with Crippen molar-refractivity contribution in [2.24, 2.45) is 18.7 Å². The van der Waals surface area contributed by atoms with Crippen LogP contribution in [-0.2, 0) is 24.0 Å². The fraction of sp³-hybridized carbons (Fsp3) is 0.404. The largest absolute Gasteiger partial charge is 0.488 e. The van der Waals surface area contributed by atoms with E-state index in [0.717, 1.165) is 80.4 Å². The molecule has 2 unspecified atom stereocenters. The number of carbonyl (C=O) groups is 3. The molecular formula is C57H64F2N8O6. The number of imide groups is 1. The maximum atomic E-state index is 16.5. The van der Waals surface area contributed by atoms with Gasteiger partial charge in [-0.1, -0.05) is 55.5 Å². The summed E-state index contributed by atoms with van der Waals surface area (Å²) in [6.07, 6.45) is 6.00. The molecule has 0 saturated carbocycles. The Morgan fingerprint density at radius 3 is 2.41 bits per heavy atom. The number of aromatic nitrogens is 2. The van der Waals surface area contributed by atoms with Crippen LogP contribution in [-0.4, -0.2) is 96.7 Å². The third-order valence-electron chi connectivity index (χ3n) is 15.9. The summed E-state index contributed by atoms with van der Waals surface area (Å²) in [6.45, 7) is 9.52. The molecule has 4 aliphatic heterocycles. The maximum Gasteiger partial charge on any atom is 0.329 e. The number of fused-ring (bicyclic) bond motifs is 2. The number of aliphatic hydroxyl groups is 1. The van der Waals surface area contributed by atoms with Gasteiger partial charge < -0.3 is 35.4 Å². The highest BCUT2D eigenvalue weighted by molar-refractivity contribution is 6.09. The van der Waals surface area contributed by atoms with Crippen LogP contribution in [0.3, 0.4) is 0 Å². The number of carbonyl (C=O) groups excluding carboxylic acids is 3. The lowest BCUT2D eigenvalue weighted by atomic mass is 9.76. The van der Waals surface area contributed by atoms with Gasteiger partial charge in [0.05, 0.1) is 17.7 Å². The van der Waals surface area contributed by atoms with Gasteiger partial charge in [-0.15, -0.1) is 0 Å². The average Bonchev–Trinajstić information content (AvgIpc) is 3.88. The van der Waals surface area contributed by atoms with E-state index in [1.807, 2.05) is 49.0 Å². The van der Waals surface area contributed by atoms with Crippen molar-refractivity contribution in [3.05, 3.63) is 136 Å². The van der Waals surface area contributed by atoms with Gasteiger partial charge in [-0.2, -0.15) is 5.10 Å².